The lowest BCUT2D eigenvalue weighted by Gasteiger charge is -2.27. The molecule has 11 heteroatoms. The number of nitrogens with one attached hydrogen (secondary N) is 1. The summed E-state index contributed by atoms with van der Waals surface area (Å²) >= 11 is 0. The summed E-state index contributed by atoms with van der Waals surface area (Å²) in [6.07, 6.45) is 3.27. The number of fused-ring (bicyclic) bond motifs is 12. The molecule has 8 nitrogen and oxygen atoms in total. The van der Waals surface area contributed by atoms with Crippen molar-refractivity contribution < 1.29 is 41.7 Å². The van der Waals surface area contributed by atoms with Gasteiger partial charge in [-0.3, -0.25) is 9.59 Å². The Balaban J connectivity index is 0.000000112. The van der Waals surface area contributed by atoms with Crippen molar-refractivity contribution in [3.8, 4) is 23.0 Å². The molecule has 0 saturated heterocycles. The van der Waals surface area contributed by atoms with Crippen LogP contribution in [0.1, 0.15) is 162 Å². The number of ether oxygens (including phenoxy) is 4. The highest BCUT2D eigenvalue weighted by molar-refractivity contribution is 6.11. The minimum Gasteiger partial charge on any atom is -0.493 e. The first kappa shape index (κ1) is 65.7. The van der Waals surface area contributed by atoms with Crippen LogP contribution in [0, 0.1) is 102 Å². The molecular weight excluding hydrogens is 1140 g/mol. The monoisotopic (exact) mass is 1240 g/mol. The molecule has 6 aromatic rings. The Bertz CT molecular complexity index is 3690. The van der Waals surface area contributed by atoms with E-state index >= 15 is 0 Å². The van der Waals surface area contributed by atoms with Gasteiger partial charge in [0.25, 0.3) is 0 Å². The standard InChI is InChI=1S/C14H18O.2C13H15FO.C13H15NO.C13H16O.C12H12FNO.2CH4/c1-9-4-5-12-13(8-9)15-7-6-14(12)10(2)11(14)3;2*1-8-9(2)13(8)5-6-15-12-4-3-10(14)7-11(12)13;1-8-9(2)13(8)10-6-4-5-7-11(10)14(3)12(13)15;1-8-4-5-11-12(6-8)14-7-13(11)9(2)10(13)3;1-6-7(2)12(6)9-5-8(13)3-4-10(9)14-11(12)15;;/h4-5,8,10-11H,6-7H2,1-3H3;2*3-4,7-9H,5-6H2,1-2H3;4-9H,1-3H3;4-6,9-10H,7H2,1-3H3;3-7H,1-2H3,(H,14,15);2*1H4. The lowest BCUT2D eigenvalue weighted by molar-refractivity contribution is -0.120. The second kappa shape index (κ2) is 23.1. The van der Waals surface area contributed by atoms with E-state index in [1.165, 1.54) is 58.5 Å². The van der Waals surface area contributed by atoms with Gasteiger partial charge in [0, 0.05) is 62.3 Å². The van der Waals surface area contributed by atoms with Gasteiger partial charge in [0.2, 0.25) is 11.8 Å². The summed E-state index contributed by atoms with van der Waals surface area (Å²) in [7, 11) is 1.88. The molecule has 12 atom stereocenters. The van der Waals surface area contributed by atoms with Gasteiger partial charge in [-0.1, -0.05) is 140 Å². The Morgan fingerprint density at radius 3 is 1.23 bits per heavy atom. The number of para-hydroxylation sites is 1. The predicted molar refractivity (Wildman–Crippen MR) is 359 cm³/mol. The molecule has 18 rings (SSSR count). The number of amides is 2. The van der Waals surface area contributed by atoms with Crippen molar-refractivity contribution in [1.29, 1.82) is 0 Å². The maximum Gasteiger partial charge on any atom is 0.238 e. The molecule has 6 aromatic carbocycles. The maximum absolute atomic E-state index is 13.3. The van der Waals surface area contributed by atoms with Crippen molar-refractivity contribution >= 4 is 23.2 Å². The molecule has 1 N–H and O–H groups in total. The van der Waals surface area contributed by atoms with Gasteiger partial charge in [-0.25, -0.2) is 13.2 Å². The average molecular weight is 1240 g/mol. The summed E-state index contributed by atoms with van der Waals surface area (Å²) in [4.78, 5) is 26.0. The molecule has 2 amide bonds. The van der Waals surface area contributed by atoms with Crippen molar-refractivity contribution in [1.82, 2.24) is 0 Å². The van der Waals surface area contributed by atoms with E-state index < -0.39 is 5.41 Å². The first-order chi connectivity index (χ1) is 42.3. The van der Waals surface area contributed by atoms with Crippen molar-refractivity contribution in [2.24, 2.45) is 71.0 Å². The third-order valence-electron chi connectivity index (χ3n) is 26.6. The highest BCUT2D eigenvalue weighted by Crippen LogP contribution is 2.69. The number of halogens is 3. The molecule has 6 aliphatic heterocycles. The highest BCUT2D eigenvalue weighted by atomic mass is 19.1. The van der Waals surface area contributed by atoms with Gasteiger partial charge < -0.3 is 29.2 Å². The van der Waals surface area contributed by atoms with E-state index in [0.717, 1.165) is 114 Å². The number of nitrogens with zero attached hydrogens (tertiary/aromatic N) is 1. The lowest BCUT2D eigenvalue weighted by Crippen LogP contribution is -2.30. The van der Waals surface area contributed by atoms with Crippen LogP contribution in [0.5, 0.6) is 23.0 Å². The first-order valence-corrected chi connectivity index (χ1v) is 33.2. The third kappa shape index (κ3) is 9.52. The van der Waals surface area contributed by atoms with E-state index in [0.29, 0.717) is 58.2 Å². The van der Waals surface area contributed by atoms with Crippen LogP contribution in [-0.2, 0) is 42.1 Å². The fourth-order valence-electron chi connectivity index (χ4n) is 19.2. The van der Waals surface area contributed by atoms with Gasteiger partial charge >= 0.3 is 0 Å². The van der Waals surface area contributed by atoms with Crippen molar-refractivity contribution in [3.05, 3.63) is 177 Å². The highest BCUT2D eigenvalue weighted by Gasteiger charge is 2.71. The second-order valence-electron chi connectivity index (χ2n) is 29.3. The molecule has 12 aliphatic rings. The minimum absolute atomic E-state index is 0. The molecular formula is C80H99F3N2O6. The third-order valence-corrected chi connectivity index (χ3v) is 26.6. The van der Waals surface area contributed by atoms with Gasteiger partial charge in [0.1, 0.15) is 40.4 Å². The maximum atomic E-state index is 13.3. The second-order valence-corrected chi connectivity index (χ2v) is 29.3. The smallest absolute Gasteiger partial charge is 0.238 e. The van der Waals surface area contributed by atoms with Gasteiger partial charge in [0.15, 0.2) is 0 Å². The van der Waals surface area contributed by atoms with Crippen molar-refractivity contribution in [2.75, 3.05) is 43.7 Å². The van der Waals surface area contributed by atoms with Crippen LogP contribution >= 0.6 is 0 Å². The van der Waals surface area contributed by atoms with Crippen LogP contribution in [0.3, 0.4) is 0 Å². The number of aryl methyl sites for hydroxylation is 2. The molecule has 0 aromatic heterocycles. The largest absolute Gasteiger partial charge is 0.493 e. The fraction of sp³-hybridized carbons (Fsp3) is 0.525. The lowest BCUT2D eigenvalue weighted by atomic mass is 9.86. The van der Waals surface area contributed by atoms with Crippen LogP contribution in [0.4, 0.5) is 24.5 Å². The molecule has 91 heavy (non-hydrogen) atoms. The van der Waals surface area contributed by atoms with Gasteiger partial charge in [-0.15, -0.1) is 0 Å². The Hall–Kier alpha value is -6.75. The number of likely N-dealkylation sites (N-methyl/N-ethyl adjacent to an activating group) is 1. The zero-order chi connectivity index (χ0) is 63.4. The summed E-state index contributed by atoms with van der Waals surface area (Å²) in [5, 5.41) is 2.83. The predicted octanol–water partition coefficient (Wildman–Crippen LogP) is 18.2. The van der Waals surface area contributed by atoms with E-state index in [-0.39, 0.29) is 60.4 Å². The summed E-state index contributed by atoms with van der Waals surface area (Å²) < 4.78 is 62.4. The summed E-state index contributed by atoms with van der Waals surface area (Å²) in [6, 6.07) is 35.8. The van der Waals surface area contributed by atoms with E-state index in [1.54, 1.807) is 30.3 Å². The zero-order valence-electron chi connectivity index (χ0n) is 54.9. The zero-order valence-corrected chi connectivity index (χ0v) is 54.9. The van der Waals surface area contributed by atoms with Crippen LogP contribution in [0.2, 0.25) is 0 Å². The quantitative estimate of drug-likeness (QED) is 0.163. The molecule has 6 aliphatic carbocycles. The number of benzene rings is 6. The number of carbonyl (C=O) groups excluding carboxylic acids is 2. The van der Waals surface area contributed by atoms with Crippen LogP contribution < -0.4 is 29.2 Å². The van der Waals surface area contributed by atoms with Crippen LogP contribution in [0.15, 0.2) is 115 Å². The number of hydrogen-bond donors (Lipinski definition) is 1. The normalized spacial score (nSPS) is 36.5. The minimum atomic E-state index is -0.447. The topological polar surface area (TPSA) is 86.3 Å². The Labute approximate surface area is 540 Å². The summed E-state index contributed by atoms with van der Waals surface area (Å²) in [5.74, 6) is 11.2. The summed E-state index contributed by atoms with van der Waals surface area (Å²) in [6.45, 7) is 34.5. The Kier molecular flexibility index (Phi) is 16.7. The number of hydrogen-bond acceptors (Lipinski definition) is 6. The molecule has 6 saturated carbocycles. The fourth-order valence-corrected chi connectivity index (χ4v) is 19.2. The molecule has 6 fully saturated rings. The van der Waals surface area contributed by atoms with E-state index in [1.807, 2.05) is 44.0 Å². The molecule has 6 heterocycles. The Morgan fingerprint density at radius 2 is 0.791 bits per heavy atom. The van der Waals surface area contributed by atoms with Crippen LogP contribution in [0.25, 0.3) is 0 Å². The number of carbonyl (C=O) groups is 2. The van der Waals surface area contributed by atoms with Crippen molar-refractivity contribution in [3.63, 3.8) is 0 Å². The van der Waals surface area contributed by atoms with E-state index in [9.17, 15) is 22.8 Å². The van der Waals surface area contributed by atoms with E-state index in [2.05, 4.69) is 131 Å². The Morgan fingerprint density at radius 1 is 0.407 bits per heavy atom. The molecule has 0 radical (unpaired) electrons. The first-order valence-electron chi connectivity index (χ1n) is 33.2. The van der Waals surface area contributed by atoms with Crippen LogP contribution in [-0.4, -0.2) is 45.3 Å². The van der Waals surface area contributed by atoms with Gasteiger partial charge in [-0.05, 0) is 199 Å². The molecule has 6 spiro atoms. The van der Waals surface area contributed by atoms with Gasteiger partial charge in [0.05, 0.1) is 37.3 Å². The summed E-state index contributed by atoms with van der Waals surface area (Å²) in [5.41, 5.74) is 12.2. The van der Waals surface area contributed by atoms with Gasteiger partial charge in [-0.2, -0.15) is 0 Å². The average Bonchev–Trinajstić information content (AvgIpc) is 1.53. The number of rotatable bonds is 0. The molecule has 12 unspecified atom stereocenters. The van der Waals surface area contributed by atoms with E-state index in [4.69, 9.17) is 18.9 Å². The van der Waals surface area contributed by atoms with Crippen molar-refractivity contribution in [2.45, 2.75) is 164 Å². The molecule has 486 valence electrons. The number of anilines is 2. The molecule has 0 bridgehead atoms. The SMILES string of the molecule is C.C.CC1C(C)C12C(=O)N(C)c1ccccc12.CC1C(C)C12C(=O)Nc1ccc(F)cc12.CC1C(C)C12CCOc1ccc(F)cc12.CC1C(C)C12CCOc1ccc(F)cc12.Cc1ccc2c(c1)OCC21C(C)C1C.Cc1ccc2c(c1)OCCC21C(C)C1C.